The Morgan fingerprint density at radius 3 is 2.70 bits per heavy atom. The van der Waals surface area contributed by atoms with E-state index < -0.39 is 17.2 Å². The van der Waals surface area contributed by atoms with Crippen LogP contribution in [0.25, 0.3) is 0 Å². The fourth-order valence-corrected chi connectivity index (χ4v) is 0.786. The van der Waals surface area contributed by atoms with Crippen molar-refractivity contribution in [3.8, 4) is 0 Å². The SMILES string of the molecule is CC(NCCN)O[SH](=O)=O. The molecule has 6 heteroatoms. The minimum absolute atomic E-state index is 0.462. The van der Waals surface area contributed by atoms with E-state index in [1.165, 1.54) is 0 Å². The van der Waals surface area contributed by atoms with Gasteiger partial charge in [0.25, 0.3) is 11.0 Å². The molecule has 0 aliphatic heterocycles. The van der Waals surface area contributed by atoms with Crippen LogP contribution in [-0.2, 0) is 15.2 Å². The summed E-state index contributed by atoms with van der Waals surface area (Å²) in [5.41, 5.74) is 5.14. The van der Waals surface area contributed by atoms with Gasteiger partial charge in [0.1, 0.15) is 6.23 Å². The van der Waals surface area contributed by atoms with Crippen molar-refractivity contribution in [1.82, 2.24) is 5.32 Å². The van der Waals surface area contributed by atoms with E-state index in [2.05, 4.69) is 9.50 Å². The highest BCUT2D eigenvalue weighted by molar-refractivity contribution is 7.67. The van der Waals surface area contributed by atoms with Gasteiger partial charge in [-0.25, -0.2) is 8.42 Å². The molecule has 62 valence electrons. The summed E-state index contributed by atoms with van der Waals surface area (Å²) in [6.07, 6.45) is -0.482. The van der Waals surface area contributed by atoms with Crippen molar-refractivity contribution in [2.75, 3.05) is 13.1 Å². The summed E-state index contributed by atoms with van der Waals surface area (Å²) < 4.78 is 24.2. The van der Waals surface area contributed by atoms with Crippen molar-refractivity contribution in [1.29, 1.82) is 0 Å². The first-order chi connectivity index (χ1) is 4.66. The second-order valence-electron chi connectivity index (χ2n) is 1.71. The Morgan fingerprint density at radius 1 is 1.70 bits per heavy atom. The van der Waals surface area contributed by atoms with E-state index in [9.17, 15) is 8.42 Å². The van der Waals surface area contributed by atoms with Crippen molar-refractivity contribution in [2.45, 2.75) is 13.2 Å². The molecular formula is C4H12N2O3S. The number of nitrogens with one attached hydrogen (secondary N) is 1. The van der Waals surface area contributed by atoms with E-state index >= 15 is 0 Å². The van der Waals surface area contributed by atoms with E-state index in [0.29, 0.717) is 13.1 Å². The molecule has 0 heterocycles. The molecule has 5 nitrogen and oxygen atoms in total. The average Bonchev–Trinajstić information content (AvgIpc) is 1.82. The van der Waals surface area contributed by atoms with Crippen molar-refractivity contribution in [3.63, 3.8) is 0 Å². The van der Waals surface area contributed by atoms with E-state index in [-0.39, 0.29) is 0 Å². The topological polar surface area (TPSA) is 81.4 Å². The minimum atomic E-state index is -2.76. The highest BCUT2D eigenvalue weighted by Crippen LogP contribution is 1.82. The molecule has 0 aliphatic carbocycles. The summed E-state index contributed by atoms with van der Waals surface area (Å²) in [5, 5.41) is 2.73. The summed E-state index contributed by atoms with van der Waals surface area (Å²) in [5.74, 6) is 0. The van der Waals surface area contributed by atoms with Crippen LogP contribution in [0.3, 0.4) is 0 Å². The Bertz CT molecular complexity index is 139. The lowest BCUT2D eigenvalue weighted by Gasteiger charge is -2.07. The smallest absolute Gasteiger partial charge is 0.258 e. The second kappa shape index (κ2) is 5.60. The minimum Gasteiger partial charge on any atom is -0.329 e. The highest BCUT2D eigenvalue weighted by Gasteiger charge is 1.98. The van der Waals surface area contributed by atoms with Crippen molar-refractivity contribution in [2.24, 2.45) is 5.73 Å². The Balaban J connectivity index is 3.33. The van der Waals surface area contributed by atoms with Crippen LogP contribution in [-0.4, -0.2) is 27.7 Å². The quantitative estimate of drug-likeness (QED) is 0.341. The molecule has 0 saturated heterocycles. The molecule has 0 aromatic heterocycles. The molecule has 10 heavy (non-hydrogen) atoms. The molecule has 0 amide bonds. The zero-order valence-electron chi connectivity index (χ0n) is 5.74. The Hall–Kier alpha value is -0.170. The number of hydrogen-bond donors (Lipinski definition) is 3. The van der Waals surface area contributed by atoms with Crippen LogP contribution in [0.15, 0.2) is 0 Å². The summed E-state index contributed by atoms with van der Waals surface area (Å²) in [6, 6.07) is 0. The number of rotatable bonds is 5. The Kier molecular flexibility index (Phi) is 5.51. The van der Waals surface area contributed by atoms with Crippen LogP contribution in [0.1, 0.15) is 6.92 Å². The molecule has 3 N–H and O–H groups in total. The first-order valence-electron chi connectivity index (χ1n) is 2.91. The predicted octanol–water partition coefficient (Wildman–Crippen LogP) is -1.58. The van der Waals surface area contributed by atoms with Gasteiger partial charge in [-0.05, 0) is 6.92 Å². The molecule has 0 bridgehead atoms. The zero-order chi connectivity index (χ0) is 7.98. The fraction of sp³-hybridized carbons (Fsp3) is 1.00. The molecule has 0 rings (SSSR count). The van der Waals surface area contributed by atoms with Crippen molar-refractivity contribution >= 4 is 11.0 Å². The lowest BCUT2D eigenvalue weighted by atomic mass is 10.6. The van der Waals surface area contributed by atoms with Gasteiger partial charge in [0.2, 0.25) is 0 Å². The van der Waals surface area contributed by atoms with Gasteiger partial charge in [0, 0.05) is 13.1 Å². The van der Waals surface area contributed by atoms with E-state index in [1.807, 2.05) is 0 Å². The van der Waals surface area contributed by atoms with Crippen LogP contribution < -0.4 is 11.1 Å². The lowest BCUT2D eigenvalue weighted by Crippen LogP contribution is -2.32. The average molecular weight is 168 g/mol. The van der Waals surface area contributed by atoms with Gasteiger partial charge in [-0.2, -0.15) is 0 Å². The molecule has 0 aromatic rings. The maximum atomic E-state index is 9.92. The molecule has 1 unspecified atom stereocenters. The predicted molar refractivity (Wildman–Crippen MR) is 37.9 cm³/mol. The maximum absolute atomic E-state index is 9.92. The largest absolute Gasteiger partial charge is 0.329 e. The van der Waals surface area contributed by atoms with Crippen LogP contribution in [0, 0.1) is 0 Å². The monoisotopic (exact) mass is 168 g/mol. The fourth-order valence-electron chi connectivity index (χ4n) is 0.453. The normalized spacial score (nSPS) is 13.9. The Morgan fingerprint density at radius 2 is 2.30 bits per heavy atom. The number of hydrogen-bond acceptors (Lipinski definition) is 5. The van der Waals surface area contributed by atoms with Gasteiger partial charge in [0.15, 0.2) is 0 Å². The zero-order valence-corrected chi connectivity index (χ0v) is 6.64. The van der Waals surface area contributed by atoms with Crippen LogP contribution in [0.2, 0.25) is 0 Å². The first-order valence-corrected chi connectivity index (χ1v) is 4.01. The van der Waals surface area contributed by atoms with Crippen LogP contribution in [0.4, 0.5) is 0 Å². The molecule has 0 spiro atoms. The molecule has 0 aromatic carbocycles. The van der Waals surface area contributed by atoms with Gasteiger partial charge in [-0.1, -0.05) is 0 Å². The van der Waals surface area contributed by atoms with E-state index in [1.54, 1.807) is 6.92 Å². The lowest BCUT2D eigenvalue weighted by molar-refractivity contribution is 0.201. The maximum Gasteiger partial charge on any atom is 0.258 e. The van der Waals surface area contributed by atoms with E-state index in [4.69, 9.17) is 5.73 Å². The third kappa shape index (κ3) is 5.96. The van der Waals surface area contributed by atoms with Crippen LogP contribution >= 0.6 is 0 Å². The molecule has 0 aliphatic rings. The van der Waals surface area contributed by atoms with Gasteiger partial charge in [0.05, 0.1) is 0 Å². The highest BCUT2D eigenvalue weighted by atomic mass is 32.2. The number of thiol groups is 1. The molecule has 0 saturated carbocycles. The molecule has 0 radical (unpaired) electrons. The summed E-state index contributed by atoms with van der Waals surface area (Å²) in [7, 11) is -2.76. The van der Waals surface area contributed by atoms with Gasteiger partial charge < -0.3 is 5.73 Å². The Labute approximate surface area is 61.7 Å². The van der Waals surface area contributed by atoms with Gasteiger partial charge in [-0.15, -0.1) is 0 Å². The molecule has 1 atom stereocenters. The molecular weight excluding hydrogens is 156 g/mol. The van der Waals surface area contributed by atoms with E-state index in [0.717, 1.165) is 0 Å². The van der Waals surface area contributed by atoms with Crippen molar-refractivity contribution < 1.29 is 12.6 Å². The second-order valence-corrected chi connectivity index (χ2v) is 2.37. The summed E-state index contributed by atoms with van der Waals surface area (Å²) in [4.78, 5) is 0. The van der Waals surface area contributed by atoms with Crippen molar-refractivity contribution in [3.05, 3.63) is 0 Å². The summed E-state index contributed by atoms with van der Waals surface area (Å²) >= 11 is 0. The first kappa shape index (κ1) is 9.83. The molecule has 0 fully saturated rings. The third-order valence-corrected chi connectivity index (χ3v) is 1.31. The third-order valence-electron chi connectivity index (χ3n) is 0.820. The van der Waals surface area contributed by atoms with Gasteiger partial charge in [-0.3, -0.25) is 9.50 Å². The standard InChI is InChI=1S/C4H12N2O3S/c1-4(6-3-2-5)9-10(7)8/h4,6,10H,2-3,5H2,1H3. The van der Waals surface area contributed by atoms with Gasteiger partial charge >= 0.3 is 0 Å². The van der Waals surface area contributed by atoms with Crippen LogP contribution in [0.5, 0.6) is 0 Å². The number of nitrogens with two attached hydrogens (primary N) is 1. The summed E-state index contributed by atoms with van der Waals surface area (Å²) in [6.45, 7) is 2.61.